The predicted octanol–water partition coefficient (Wildman–Crippen LogP) is 2.96. The fraction of sp³-hybridized carbons (Fsp3) is 0.318. The zero-order valence-corrected chi connectivity index (χ0v) is 18.3. The normalized spacial score (nSPS) is 15.0. The molecular weight excluding hydrogens is 418 g/mol. The van der Waals surface area contributed by atoms with Crippen LogP contribution in [-0.2, 0) is 20.2 Å². The maximum absolute atomic E-state index is 13.3. The van der Waals surface area contributed by atoms with Gasteiger partial charge in [-0.25, -0.2) is 18.1 Å². The van der Waals surface area contributed by atoms with Crippen molar-refractivity contribution in [2.45, 2.75) is 43.1 Å². The molecule has 0 bridgehead atoms. The average Bonchev–Trinajstić information content (AvgIpc) is 3.55. The molecule has 1 aromatic carbocycles. The highest BCUT2D eigenvalue weighted by molar-refractivity contribution is 7.90. The highest BCUT2D eigenvalue weighted by Gasteiger charge is 2.54. The van der Waals surface area contributed by atoms with E-state index in [2.05, 4.69) is 14.7 Å². The van der Waals surface area contributed by atoms with Crippen molar-refractivity contribution >= 4 is 26.8 Å². The minimum Gasteiger partial charge on any atom is -0.495 e. The number of ether oxygens (including phenoxy) is 2. The molecule has 1 N–H and O–H groups in total. The number of pyridine rings is 2. The summed E-state index contributed by atoms with van der Waals surface area (Å²) in [5.74, 6) is 0.153. The molecule has 1 aliphatic carbocycles. The molecule has 4 rings (SSSR count). The first kappa shape index (κ1) is 21.0. The van der Waals surface area contributed by atoms with E-state index >= 15 is 0 Å². The number of hydrogen-bond donors (Lipinski definition) is 1. The van der Waals surface area contributed by atoms with Crippen molar-refractivity contribution < 1.29 is 22.7 Å². The Morgan fingerprint density at radius 2 is 1.94 bits per heavy atom. The van der Waals surface area contributed by atoms with Gasteiger partial charge in [0, 0.05) is 17.1 Å². The van der Waals surface area contributed by atoms with E-state index in [0.717, 1.165) is 0 Å². The van der Waals surface area contributed by atoms with Crippen LogP contribution >= 0.6 is 0 Å². The van der Waals surface area contributed by atoms with Crippen LogP contribution < -0.4 is 14.2 Å². The topological polar surface area (TPSA) is 107 Å². The van der Waals surface area contributed by atoms with Crippen LogP contribution in [0.3, 0.4) is 0 Å². The first-order chi connectivity index (χ1) is 14.8. The van der Waals surface area contributed by atoms with Crippen LogP contribution in [0, 0.1) is 0 Å². The molecule has 3 aromatic rings. The first-order valence-electron chi connectivity index (χ1n) is 9.89. The van der Waals surface area contributed by atoms with Crippen molar-refractivity contribution in [3.8, 4) is 11.6 Å². The SMILES string of the molecule is COc1cnc(OC(C)C)c(C2(C(=O)NS(=O)(=O)c3cccc4ncccc34)CC2)c1. The minimum atomic E-state index is -4.12. The van der Waals surface area contributed by atoms with Gasteiger partial charge >= 0.3 is 0 Å². The van der Waals surface area contributed by atoms with Gasteiger partial charge in [-0.2, -0.15) is 0 Å². The van der Waals surface area contributed by atoms with Gasteiger partial charge in [-0.15, -0.1) is 0 Å². The Hall–Kier alpha value is -3.20. The Balaban J connectivity index is 1.70. The molecule has 1 fully saturated rings. The van der Waals surface area contributed by atoms with Gasteiger partial charge in [0.05, 0.1) is 35.2 Å². The zero-order valence-electron chi connectivity index (χ0n) is 17.5. The number of hydrogen-bond acceptors (Lipinski definition) is 7. The number of carbonyl (C=O) groups excluding carboxylic acids is 1. The number of nitrogens with zero attached hydrogens (tertiary/aromatic N) is 2. The van der Waals surface area contributed by atoms with E-state index < -0.39 is 21.3 Å². The number of methoxy groups -OCH3 is 1. The number of rotatable bonds is 7. The van der Waals surface area contributed by atoms with Gasteiger partial charge in [0.25, 0.3) is 10.0 Å². The fourth-order valence-electron chi connectivity index (χ4n) is 3.53. The number of nitrogens with one attached hydrogen (secondary N) is 1. The maximum atomic E-state index is 13.3. The van der Waals surface area contributed by atoms with Gasteiger partial charge in [-0.3, -0.25) is 9.78 Å². The van der Waals surface area contributed by atoms with Crippen LogP contribution in [0.4, 0.5) is 0 Å². The summed E-state index contributed by atoms with van der Waals surface area (Å²) in [4.78, 5) is 21.7. The molecule has 8 nitrogen and oxygen atoms in total. The molecule has 9 heteroatoms. The van der Waals surface area contributed by atoms with Gasteiger partial charge in [0.2, 0.25) is 11.8 Å². The van der Waals surface area contributed by atoms with Crippen LogP contribution in [0.2, 0.25) is 0 Å². The summed E-state index contributed by atoms with van der Waals surface area (Å²) in [6.45, 7) is 3.71. The van der Waals surface area contributed by atoms with Crippen molar-refractivity contribution in [1.82, 2.24) is 14.7 Å². The second kappa shape index (κ2) is 7.81. The highest BCUT2D eigenvalue weighted by atomic mass is 32.2. The Labute approximate surface area is 180 Å². The van der Waals surface area contributed by atoms with E-state index in [1.807, 2.05) is 13.8 Å². The summed E-state index contributed by atoms with van der Waals surface area (Å²) >= 11 is 0. The van der Waals surface area contributed by atoms with E-state index in [4.69, 9.17) is 9.47 Å². The lowest BCUT2D eigenvalue weighted by atomic mass is 9.96. The van der Waals surface area contributed by atoms with Gasteiger partial charge < -0.3 is 9.47 Å². The number of sulfonamides is 1. The van der Waals surface area contributed by atoms with E-state index in [1.165, 1.54) is 19.4 Å². The van der Waals surface area contributed by atoms with Crippen molar-refractivity contribution in [2.24, 2.45) is 0 Å². The molecular formula is C22H23N3O5S. The zero-order chi connectivity index (χ0) is 22.2. The Bertz CT molecular complexity index is 1250. The Kier molecular flexibility index (Phi) is 5.30. The smallest absolute Gasteiger partial charge is 0.264 e. The number of fused-ring (bicyclic) bond motifs is 1. The molecule has 1 aliphatic rings. The number of carbonyl (C=O) groups is 1. The largest absolute Gasteiger partial charge is 0.495 e. The van der Waals surface area contributed by atoms with Crippen LogP contribution in [-0.4, -0.2) is 37.5 Å². The Morgan fingerprint density at radius 3 is 2.61 bits per heavy atom. The third kappa shape index (κ3) is 3.93. The molecule has 2 aromatic heterocycles. The van der Waals surface area contributed by atoms with Gasteiger partial charge in [-0.05, 0) is 57.0 Å². The van der Waals surface area contributed by atoms with Crippen LogP contribution in [0.5, 0.6) is 11.6 Å². The standard InChI is InChI=1S/C22H23N3O5S/c1-14(2)30-20-17(12-15(29-3)13-24-20)22(9-10-22)21(26)25-31(27,28)19-8-4-7-18-16(19)6-5-11-23-18/h4-8,11-14H,9-10H2,1-3H3,(H,25,26). The van der Waals surface area contributed by atoms with Gasteiger partial charge in [0.15, 0.2) is 0 Å². The maximum Gasteiger partial charge on any atom is 0.264 e. The summed E-state index contributed by atoms with van der Waals surface area (Å²) in [6, 6.07) is 9.78. The van der Waals surface area contributed by atoms with E-state index in [-0.39, 0.29) is 11.0 Å². The van der Waals surface area contributed by atoms with Crippen LogP contribution in [0.25, 0.3) is 10.9 Å². The van der Waals surface area contributed by atoms with E-state index in [0.29, 0.717) is 40.9 Å². The molecule has 1 saturated carbocycles. The molecule has 0 spiro atoms. The predicted molar refractivity (Wildman–Crippen MR) is 115 cm³/mol. The minimum absolute atomic E-state index is 0.00433. The molecule has 0 atom stereocenters. The van der Waals surface area contributed by atoms with E-state index in [9.17, 15) is 13.2 Å². The molecule has 2 heterocycles. The van der Waals surface area contributed by atoms with Crippen molar-refractivity contribution in [3.63, 3.8) is 0 Å². The number of aromatic nitrogens is 2. The molecule has 0 radical (unpaired) electrons. The molecule has 0 aliphatic heterocycles. The van der Waals surface area contributed by atoms with Gasteiger partial charge in [-0.1, -0.05) is 6.07 Å². The lowest BCUT2D eigenvalue weighted by Gasteiger charge is -2.21. The number of benzene rings is 1. The third-order valence-corrected chi connectivity index (χ3v) is 6.62. The Morgan fingerprint density at radius 1 is 1.16 bits per heavy atom. The van der Waals surface area contributed by atoms with Crippen LogP contribution in [0.1, 0.15) is 32.3 Å². The summed E-state index contributed by atoms with van der Waals surface area (Å²) in [5, 5.41) is 0.446. The highest BCUT2D eigenvalue weighted by Crippen LogP contribution is 2.52. The molecule has 1 amide bonds. The molecule has 162 valence electrons. The fourth-order valence-corrected chi connectivity index (χ4v) is 4.80. The molecule has 0 unspecified atom stereocenters. The van der Waals surface area contributed by atoms with Gasteiger partial charge in [0.1, 0.15) is 5.75 Å². The average molecular weight is 442 g/mol. The summed E-state index contributed by atoms with van der Waals surface area (Å²) in [6.07, 6.45) is 3.89. The van der Waals surface area contributed by atoms with Crippen molar-refractivity contribution in [3.05, 3.63) is 54.4 Å². The summed E-state index contributed by atoms with van der Waals surface area (Å²) < 4.78 is 39.5. The molecule has 0 saturated heterocycles. The second-order valence-corrected chi connectivity index (χ2v) is 9.39. The summed E-state index contributed by atoms with van der Waals surface area (Å²) in [7, 11) is -2.62. The third-order valence-electron chi connectivity index (χ3n) is 5.23. The lowest BCUT2D eigenvalue weighted by Crippen LogP contribution is -2.39. The monoisotopic (exact) mass is 441 g/mol. The number of amides is 1. The van der Waals surface area contributed by atoms with Crippen LogP contribution in [0.15, 0.2) is 53.7 Å². The summed E-state index contributed by atoms with van der Waals surface area (Å²) in [5.41, 5.74) is 0.0122. The van der Waals surface area contributed by atoms with Crippen molar-refractivity contribution in [1.29, 1.82) is 0 Å². The first-order valence-corrected chi connectivity index (χ1v) is 11.4. The van der Waals surface area contributed by atoms with E-state index in [1.54, 1.807) is 36.5 Å². The molecule has 31 heavy (non-hydrogen) atoms. The second-order valence-electron chi connectivity index (χ2n) is 7.74. The van der Waals surface area contributed by atoms with Crippen molar-refractivity contribution in [2.75, 3.05) is 7.11 Å². The lowest BCUT2D eigenvalue weighted by molar-refractivity contribution is -0.121. The quantitative estimate of drug-likeness (QED) is 0.601.